The molecule has 1 heterocycles. The monoisotopic (exact) mass is 318 g/mol. The highest BCUT2D eigenvalue weighted by Crippen LogP contribution is 2.51. The topological polar surface area (TPSA) is 35.5 Å². The van der Waals surface area contributed by atoms with Crippen LogP contribution in [0.1, 0.15) is 30.0 Å². The van der Waals surface area contributed by atoms with Gasteiger partial charge in [-0.2, -0.15) is 13.2 Å². The van der Waals surface area contributed by atoms with Gasteiger partial charge in [0.05, 0.1) is 5.56 Å². The van der Waals surface area contributed by atoms with Gasteiger partial charge in [0, 0.05) is 37.8 Å². The van der Waals surface area contributed by atoms with E-state index in [9.17, 15) is 22.7 Å². The quantitative estimate of drug-likeness (QED) is 0.841. The van der Waals surface area contributed by atoms with Crippen molar-refractivity contribution in [3.8, 4) is 5.75 Å². The zero-order valence-electron chi connectivity index (χ0n) is 12.0. The number of rotatable bonds is 3. The largest absolute Gasteiger partial charge is 0.505 e. The molecule has 1 saturated heterocycles. The molecule has 1 aromatic rings. The number of piperazine rings is 1. The van der Waals surface area contributed by atoms with E-state index in [1.807, 2.05) is 4.90 Å². The molecule has 0 unspecified atom stereocenters. The molecule has 1 aromatic carbocycles. The number of aromatic hydroxyl groups is 1. The maximum atomic E-state index is 13.7. The van der Waals surface area contributed by atoms with Gasteiger partial charge in [-0.05, 0) is 30.9 Å². The Bertz CT molecular complexity index is 551. The highest BCUT2D eigenvalue weighted by Gasteiger charge is 2.44. The standard InChI is InChI=1S/C15H18F4N2O/c16-11-4-3-10(15(17,18)19)12(14(11)22)13(9-1-2-9)21-7-5-20-6-8-21/h3-4,9,13,20,22H,1-2,5-8H2/t13-/m0/s1. The summed E-state index contributed by atoms with van der Waals surface area (Å²) in [4.78, 5) is 1.93. The van der Waals surface area contributed by atoms with Crippen LogP contribution in [-0.4, -0.2) is 36.2 Å². The normalized spacial score (nSPS) is 21.8. The number of nitrogens with one attached hydrogen (secondary N) is 1. The summed E-state index contributed by atoms with van der Waals surface area (Å²) in [6, 6.07) is 0.847. The summed E-state index contributed by atoms with van der Waals surface area (Å²) in [5.74, 6) is -1.80. The molecule has 2 aliphatic rings. The van der Waals surface area contributed by atoms with E-state index in [1.165, 1.54) is 0 Å². The highest BCUT2D eigenvalue weighted by atomic mass is 19.4. The van der Waals surface area contributed by atoms with E-state index in [-0.39, 0.29) is 11.5 Å². The molecule has 0 aromatic heterocycles. The van der Waals surface area contributed by atoms with E-state index in [0.29, 0.717) is 32.2 Å². The predicted octanol–water partition coefficient (Wildman–Crippen LogP) is 2.91. The van der Waals surface area contributed by atoms with Crippen molar-refractivity contribution in [1.29, 1.82) is 0 Å². The highest BCUT2D eigenvalue weighted by molar-refractivity contribution is 5.45. The Balaban J connectivity index is 2.08. The van der Waals surface area contributed by atoms with Gasteiger partial charge in [0.2, 0.25) is 0 Å². The van der Waals surface area contributed by atoms with Crippen LogP contribution in [0.25, 0.3) is 0 Å². The van der Waals surface area contributed by atoms with Crippen molar-refractivity contribution >= 4 is 0 Å². The Morgan fingerprint density at radius 1 is 1.18 bits per heavy atom. The van der Waals surface area contributed by atoms with Gasteiger partial charge < -0.3 is 10.4 Å². The van der Waals surface area contributed by atoms with Crippen LogP contribution in [-0.2, 0) is 6.18 Å². The Morgan fingerprint density at radius 2 is 1.82 bits per heavy atom. The Labute approximate surface area is 125 Å². The van der Waals surface area contributed by atoms with Crippen LogP contribution >= 0.6 is 0 Å². The minimum atomic E-state index is -4.61. The molecule has 0 radical (unpaired) electrons. The Hall–Kier alpha value is -1.34. The van der Waals surface area contributed by atoms with E-state index in [4.69, 9.17) is 0 Å². The molecule has 0 spiro atoms. The minimum Gasteiger partial charge on any atom is -0.505 e. The van der Waals surface area contributed by atoms with Crippen LogP contribution in [0.5, 0.6) is 5.75 Å². The zero-order valence-corrected chi connectivity index (χ0v) is 12.0. The lowest BCUT2D eigenvalue weighted by molar-refractivity contribution is -0.139. The van der Waals surface area contributed by atoms with E-state index in [2.05, 4.69) is 5.32 Å². The fourth-order valence-electron chi connectivity index (χ4n) is 3.22. The zero-order chi connectivity index (χ0) is 15.9. The van der Waals surface area contributed by atoms with Crippen molar-refractivity contribution in [1.82, 2.24) is 10.2 Å². The number of phenolic OH excluding ortho intramolecular Hbond substituents is 1. The first-order valence-electron chi connectivity index (χ1n) is 7.43. The third-order valence-corrected chi connectivity index (χ3v) is 4.38. The number of phenols is 1. The van der Waals surface area contributed by atoms with Crippen molar-refractivity contribution < 1.29 is 22.7 Å². The first-order chi connectivity index (χ1) is 10.4. The molecular weight excluding hydrogens is 300 g/mol. The van der Waals surface area contributed by atoms with Crippen molar-refractivity contribution in [2.75, 3.05) is 26.2 Å². The molecule has 3 nitrogen and oxygen atoms in total. The van der Waals surface area contributed by atoms with Gasteiger partial charge in [-0.25, -0.2) is 4.39 Å². The first kappa shape index (κ1) is 15.6. The third kappa shape index (κ3) is 2.92. The van der Waals surface area contributed by atoms with Gasteiger partial charge in [0.25, 0.3) is 0 Å². The van der Waals surface area contributed by atoms with Crippen LogP contribution in [0.4, 0.5) is 17.6 Å². The van der Waals surface area contributed by atoms with Gasteiger partial charge in [-0.1, -0.05) is 0 Å². The smallest absolute Gasteiger partial charge is 0.416 e. The second-order valence-electron chi connectivity index (χ2n) is 5.92. The number of hydrogen-bond donors (Lipinski definition) is 2. The van der Waals surface area contributed by atoms with Crippen LogP contribution in [0, 0.1) is 11.7 Å². The number of hydrogen-bond acceptors (Lipinski definition) is 3. The lowest BCUT2D eigenvalue weighted by Crippen LogP contribution is -2.46. The average molecular weight is 318 g/mol. The van der Waals surface area contributed by atoms with E-state index >= 15 is 0 Å². The Kier molecular flexibility index (Phi) is 4.03. The van der Waals surface area contributed by atoms with Gasteiger partial charge in [-0.15, -0.1) is 0 Å². The van der Waals surface area contributed by atoms with E-state index < -0.39 is 29.3 Å². The first-order valence-corrected chi connectivity index (χ1v) is 7.43. The van der Waals surface area contributed by atoms with Gasteiger partial charge in [-0.3, -0.25) is 4.90 Å². The molecule has 3 rings (SSSR count). The predicted molar refractivity (Wildman–Crippen MR) is 73.0 cm³/mol. The van der Waals surface area contributed by atoms with E-state index in [1.54, 1.807) is 0 Å². The number of halogens is 4. The van der Waals surface area contributed by atoms with Crippen LogP contribution < -0.4 is 5.32 Å². The lowest BCUT2D eigenvalue weighted by Gasteiger charge is -2.36. The summed E-state index contributed by atoms with van der Waals surface area (Å²) in [6.45, 7) is 2.55. The molecule has 1 saturated carbocycles. The second kappa shape index (κ2) is 5.70. The molecule has 0 amide bonds. The summed E-state index contributed by atoms with van der Waals surface area (Å²) in [6.07, 6.45) is -2.99. The van der Waals surface area contributed by atoms with Crippen LogP contribution in [0.3, 0.4) is 0 Å². The van der Waals surface area contributed by atoms with Crippen LogP contribution in [0.2, 0.25) is 0 Å². The number of alkyl halides is 3. The second-order valence-corrected chi connectivity index (χ2v) is 5.92. The molecule has 2 N–H and O–H groups in total. The average Bonchev–Trinajstić information content (AvgIpc) is 3.28. The van der Waals surface area contributed by atoms with Gasteiger partial charge in [0.15, 0.2) is 11.6 Å². The third-order valence-electron chi connectivity index (χ3n) is 4.38. The van der Waals surface area contributed by atoms with Crippen LogP contribution in [0.15, 0.2) is 12.1 Å². The maximum absolute atomic E-state index is 13.7. The molecule has 2 fully saturated rings. The molecule has 0 bridgehead atoms. The number of nitrogens with zero attached hydrogens (tertiary/aromatic N) is 1. The van der Waals surface area contributed by atoms with Gasteiger partial charge in [0.1, 0.15) is 0 Å². The molecule has 122 valence electrons. The maximum Gasteiger partial charge on any atom is 0.416 e. The molecule has 1 aliphatic heterocycles. The molecule has 1 atom stereocenters. The van der Waals surface area contributed by atoms with Gasteiger partial charge >= 0.3 is 6.18 Å². The molecule has 7 heteroatoms. The Morgan fingerprint density at radius 3 is 2.36 bits per heavy atom. The SMILES string of the molecule is Oc1c(F)ccc(C(F)(F)F)c1[C@H](C1CC1)N1CCNCC1. The van der Waals surface area contributed by atoms with Crippen molar-refractivity contribution in [2.24, 2.45) is 5.92 Å². The van der Waals surface area contributed by atoms with E-state index in [0.717, 1.165) is 18.9 Å². The summed E-state index contributed by atoms with van der Waals surface area (Å²) in [7, 11) is 0. The summed E-state index contributed by atoms with van der Waals surface area (Å²) in [5.41, 5.74) is -1.22. The fraction of sp³-hybridized carbons (Fsp3) is 0.600. The molecule has 22 heavy (non-hydrogen) atoms. The fourth-order valence-corrected chi connectivity index (χ4v) is 3.22. The van der Waals surface area contributed by atoms with Crippen molar-refractivity contribution in [3.63, 3.8) is 0 Å². The van der Waals surface area contributed by atoms with Crippen molar-refractivity contribution in [2.45, 2.75) is 25.1 Å². The number of benzene rings is 1. The molecular formula is C15H18F4N2O. The minimum absolute atomic E-state index is 0.0481. The van der Waals surface area contributed by atoms with Crippen molar-refractivity contribution in [3.05, 3.63) is 29.1 Å². The summed E-state index contributed by atoms with van der Waals surface area (Å²) in [5, 5.41) is 13.2. The molecule has 1 aliphatic carbocycles. The summed E-state index contributed by atoms with van der Waals surface area (Å²) < 4.78 is 53.6. The summed E-state index contributed by atoms with van der Waals surface area (Å²) >= 11 is 0. The lowest BCUT2D eigenvalue weighted by atomic mass is 9.93.